The zero-order valence-corrected chi connectivity index (χ0v) is 23.0. The number of hydrogen-bond donors (Lipinski definition) is 0. The van der Waals surface area contributed by atoms with E-state index in [-0.39, 0.29) is 5.41 Å². The first kappa shape index (κ1) is 25.1. The first-order valence-electron chi connectivity index (χ1n) is 14.3. The third kappa shape index (κ3) is 3.87. The maximum atomic E-state index is 4.89. The summed E-state index contributed by atoms with van der Waals surface area (Å²) in [5, 5.41) is 0. The minimum Gasteiger partial charge on any atom is -0.0993 e. The molecular formula is C33H52. The number of rotatable bonds is 7. The van der Waals surface area contributed by atoms with Crippen molar-refractivity contribution in [3.8, 4) is 0 Å². The maximum absolute atomic E-state index is 4.89. The Morgan fingerprint density at radius 1 is 1.18 bits per heavy atom. The van der Waals surface area contributed by atoms with Crippen molar-refractivity contribution in [2.24, 2.45) is 51.8 Å². The maximum Gasteiger partial charge on any atom is 0.0103 e. The summed E-state index contributed by atoms with van der Waals surface area (Å²) in [5.74, 6) is 4.75. The second kappa shape index (κ2) is 8.87. The minimum atomic E-state index is 0.237. The molecule has 184 valence electrons. The molecule has 0 heterocycles. The van der Waals surface area contributed by atoms with Gasteiger partial charge in [-0.2, -0.15) is 0 Å². The average molecular weight is 449 g/mol. The highest BCUT2D eigenvalue weighted by molar-refractivity contribution is 5.44. The van der Waals surface area contributed by atoms with E-state index in [1.165, 1.54) is 63.4 Å². The van der Waals surface area contributed by atoms with Crippen LogP contribution in [0.2, 0.25) is 0 Å². The van der Waals surface area contributed by atoms with Gasteiger partial charge in [0.15, 0.2) is 0 Å². The Hall–Kier alpha value is -1.04. The van der Waals surface area contributed by atoms with Gasteiger partial charge in [-0.3, -0.25) is 0 Å². The van der Waals surface area contributed by atoms with Gasteiger partial charge in [0.2, 0.25) is 0 Å². The van der Waals surface area contributed by atoms with E-state index in [1.54, 1.807) is 11.1 Å². The molecule has 33 heavy (non-hydrogen) atoms. The van der Waals surface area contributed by atoms with E-state index < -0.39 is 0 Å². The lowest BCUT2D eigenvalue weighted by atomic mass is 9.42. The van der Waals surface area contributed by atoms with Crippen molar-refractivity contribution in [3.63, 3.8) is 0 Å². The normalized spacial score (nSPS) is 43.0. The lowest BCUT2D eigenvalue weighted by molar-refractivity contribution is -0.0936. The predicted octanol–water partition coefficient (Wildman–Crippen LogP) is 9.94. The molecule has 0 aliphatic heterocycles. The van der Waals surface area contributed by atoms with Crippen LogP contribution in [0.3, 0.4) is 0 Å². The van der Waals surface area contributed by atoms with Gasteiger partial charge in [0.1, 0.15) is 0 Å². The van der Waals surface area contributed by atoms with E-state index >= 15 is 0 Å². The molecule has 8 atom stereocenters. The standard InChI is InChI=1S/C33H52/c1-10-11-24(5)20-33(26(7)18-22(2)3)17-15-29-28-13-12-27-19-23(4)14-16-31(27,8)30(28)25(6)21-32(29,33)9/h14,16,19,22,24-25,28-30H,4,7,10-13,15,17-18,20-21H2,1-3,5-6,8-9H3/t24?,25?,28-,29?,30?,31?,32?,33?/m0/s1. The summed E-state index contributed by atoms with van der Waals surface area (Å²) >= 11 is 0. The summed E-state index contributed by atoms with van der Waals surface area (Å²) < 4.78 is 0. The summed E-state index contributed by atoms with van der Waals surface area (Å²) in [6, 6.07) is 0. The van der Waals surface area contributed by atoms with Crippen LogP contribution in [0.15, 0.2) is 48.1 Å². The fourth-order valence-corrected chi connectivity index (χ4v) is 10.0. The smallest absolute Gasteiger partial charge is 0.0103 e. The fraction of sp³-hybridized carbons (Fsp3) is 0.758. The van der Waals surface area contributed by atoms with Gasteiger partial charge in [0, 0.05) is 5.41 Å². The van der Waals surface area contributed by atoms with E-state index in [0.29, 0.717) is 16.7 Å². The summed E-state index contributed by atoms with van der Waals surface area (Å²) in [6.07, 6.45) is 19.4. The van der Waals surface area contributed by atoms with Crippen LogP contribution in [-0.2, 0) is 0 Å². The van der Waals surface area contributed by atoms with Gasteiger partial charge >= 0.3 is 0 Å². The molecule has 0 nitrogen and oxygen atoms in total. The molecule has 0 amide bonds. The van der Waals surface area contributed by atoms with Gasteiger partial charge < -0.3 is 0 Å². The zero-order chi connectivity index (χ0) is 24.2. The van der Waals surface area contributed by atoms with Crippen molar-refractivity contribution in [1.82, 2.24) is 0 Å². The van der Waals surface area contributed by atoms with Crippen LogP contribution < -0.4 is 0 Å². The third-order valence-electron chi connectivity index (χ3n) is 11.1. The third-order valence-corrected chi connectivity index (χ3v) is 11.1. The number of allylic oxidation sites excluding steroid dienone is 6. The van der Waals surface area contributed by atoms with Crippen molar-refractivity contribution in [3.05, 3.63) is 48.1 Å². The second-order valence-corrected chi connectivity index (χ2v) is 13.7. The van der Waals surface area contributed by atoms with Crippen LogP contribution in [0.4, 0.5) is 0 Å². The topological polar surface area (TPSA) is 0 Å². The molecule has 0 aromatic carbocycles. The molecule has 0 N–H and O–H groups in total. The minimum absolute atomic E-state index is 0.237. The van der Waals surface area contributed by atoms with E-state index in [0.717, 1.165) is 29.6 Å². The largest absolute Gasteiger partial charge is 0.0993 e. The Morgan fingerprint density at radius 3 is 2.58 bits per heavy atom. The monoisotopic (exact) mass is 448 g/mol. The van der Waals surface area contributed by atoms with Gasteiger partial charge in [-0.15, -0.1) is 0 Å². The summed E-state index contributed by atoms with van der Waals surface area (Å²) in [6.45, 7) is 26.7. The molecule has 0 saturated heterocycles. The molecule has 4 aliphatic rings. The van der Waals surface area contributed by atoms with Crippen molar-refractivity contribution in [2.75, 3.05) is 0 Å². The fourth-order valence-electron chi connectivity index (χ4n) is 10.0. The quantitative estimate of drug-likeness (QED) is 0.340. The number of hydrogen-bond acceptors (Lipinski definition) is 0. The van der Waals surface area contributed by atoms with Crippen LogP contribution in [0.5, 0.6) is 0 Å². The highest BCUT2D eigenvalue weighted by Crippen LogP contribution is 2.73. The molecular weight excluding hydrogens is 396 g/mol. The first-order chi connectivity index (χ1) is 15.5. The Balaban J connectivity index is 1.73. The zero-order valence-electron chi connectivity index (χ0n) is 23.0. The molecule has 0 spiro atoms. The summed E-state index contributed by atoms with van der Waals surface area (Å²) in [4.78, 5) is 0. The Kier molecular flexibility index (Phi) is 6.74. The van der Waals surface area contributed by atoms with Gasteiger partial charge in [0.05, 0.1) is 0 Å². The molecule has 0 bridgehead atoms. The average Bonchev–Trinajstić information content (AvgIpc) is 3.00. The van der Waals surface area contributed by atoms with Gasteiger partial charge in [-0.05, 0) is 96.9 Å². The molecule has 4 rings (SSSR count). The molecule has 0 radical (unpaired) electrons. The SMILES string of the molecule is C=C1C=CC2(C)C(=C1)CC[C@@H]1C2C(C)CC2(C)C1CCC2(CC(C)CCC)C(=C)CC(C)C. The van der Waals surface area contributed by atoms with Crippen LogP contribution in [-0.4, -0.2) is 0 Å². The van der Waals surface area contributed by atoms with Crippen molar-refractivity contribution >= 4 is 0 Å². The van der Waals surface area contributed by atoms with E-state index in [1.807, 2.05) is 0 Å². The number of fused-ring (bicyclic) bond motifs is 5. The first-order valence-corrected chi connectivity index (χ1v) is 14.3. The highest BCUT2D eigenvalue weighted by atomic mass is 14.7. The van der Waals surface area contributed by atoms with Crippen molar-refractivity contribution in [1.29, 1.82) is 0 Å². The van der Waals surface area contributed by atoms with Crippen molar-refractivity contribution < 1.29 is 0 Å². The van der Waals surface area contributed by atoms with E-state index in [4.69, 9.17) is 6.58 Å². The molecule has 0 heteroatoms. The molecule has 0 aromatic rings. The molecule has 7 unspecified atom stereocenters. The molecule has 3 fully saturated rings. The Morgan fingerprint density at radius 2 is 1.91 bits per heavy atom. The van der Waals surface area contributed by atoms with Gasteiger partial charge in [-0.1, -0.05) is 104 Å². The lowest BCUT2D eigenvalue weighted by Gasteiger charge is -2.62. The van der Waals surface area contributed by atoms with Crippen LogP contribution in [0.1, 0.15) is 106 Å². The van der Waals surface area contributed by atoms with Crippen LogP contribution >= 0.6 is 0 Å². The molecule has 0 aromatic heterocycles. The van der Waals surface area contributed by atoms with E-state index in [9.17, 15) is 0 Å². The van der Waals surface area contributed by atoms with Crippen LogP contribution in [0, 0.1) is 51.8 Å². The van der Waals surface area contributed by atoms with Crippen molar-refractivity contribution in [2.45, 2.75) is 106 Å². The van der Waals surface area contributed by atoms with E-state index in [2.05, 4.69) is 73.3 Å². The van der Waals surface area contributed by atoms with Gasteiger partial charge in [-0.25, -0.2) is 0 Å². The van der Waals surface area contributed by atoms with Crippen LogP contribution in [0.25, 0.3) is 0 Å². The predicted molar refractivity (Wildman–Crippen MR) is 145 cm³/mol. The Bertz CT molecular complexity index is 838. The van der Waals surface area contributed by atoms with Gasteiger partial charge in [0.25, 0.3) is 0 Å². The lowest BCUT2D eigenvalue weighted by Crippen LogP contribution is -2.55. The summed E-state index contributed by atoms with van der Waals surface area (Å²) in [5.41, 5.74) is 5.44. The Labute approximate surface area is 206 Å². The highest BCUT2D eigenvalue weighted by Gasteiger charge is 2.65. The summed E-state index contributed by atoms with van der Waals surface area (Å²) in [7, 11) is 0. The molecule has 3 saturated carbocycles. The molecule has 4 aliphatic carbocycles. The second-order valence-electron chi connectivity index (χ2n) is 13.7.